The molecule has 0 aromatic carbocycles. The van der Waals surface area contributed by atoms with Gasteiger partial charge in [-0.25, -0.2) is 4.79 Å². The van der Waals surface area contributed by atoms with Crippen LogP contribution < -0.4 is 0 Å². The van der Waals surface area contributed by atoms with Crippen LogP contribution in [-0.2, 0) is 23.7 Å². The Balaban J connectivity index is 0.00000393. The summed E-state index contributed by atoms with van der Waals surface area (Å²) in [7, 11) is 3.58. The van der Waals surface area contributed by atoms with Gasteiger partial charge in [0, 0.05) is 54.5 Å². The summed E-state index contributed by atoms with van der Waals surface area (Å²) in [5, 5.41) is 31.9. The summed E-state index contributed by atoms with van der Waals surface area (Å²) in [4.78, 5) is 29.9. The highest BCUT2D eigenvalue weighted by Crippen LogP contribution is 2.37. The molecular formula is C36H64N2O9. The maximum atomic E-state index is 13.2. The van der Waals surface area contributed by atoms with Crippen molar-refractivity contribution in [3.8, 4) is 0 Å². The summed E-state index contributed by atoms with van der Waals surface area (Å²) in [6, 6.07) is 0. The molecule has 0 saturated carbocycles. The minimum Gasteiger partial charge on any atom is -0.457 e. The minimum atomic E-state index is -1.14. The second-order valence-electron chi connectivity index (χ2n) is 14.0. The van der Waals surface area contributed by atoms with Crippen molar-refractivity contribution in [2.75, 3.05) is 40.3 Å². The molecule has 1 amide bonds. The number of amides is 1. The summed E-state index contributed by atoms with van der Waals surface area (Å²) < 4.78 is 33.6. The molecule has 272 valence electrons. The van der Waals surface area contributed by atoms with E-state index in [2.05, 4.69) is 4.90 Å². The number of epoxide rings is 1. The third-order valence-electron chi connectivity index (χ3n) is 9.80. The first-order valence-electron chi connectivity index (χ1n) is 17.8. The van der Waals surface area contributed by atoms with Gasteiger partial charge in [0.1, 0.15) is 11.7 Å². The molecule has 3 aliphatic heterocycles. The number of hydrogen-bond donors (Lipinski definition) is 3. The van der Waals surface area contributed by atoms with E-state index in [1.54, 1.807) is 43.2 Å². The molecule has 3 heterocycles. The smallest absolute Gasteiger partial charge is 0.410 e. The summed E-state index contributed by atoms with van der Waals surface area (Å²) in [6.07, 6.45) is 6.98. The van der Waals surface area contributed by atoms with E-state index >= 15 is 0 Å². The zero-order chi connectivity index (χ0) is 36.2. The van der Waals surface area contributed by atoms with Crippen LogP contribution in [-0.4, -0.2) is 125 Å². The van der Waals surface area contributed by atoms with Gasteiger partial charge in [0.05, 0.1) is 36.4 Å². The van der Waals surface area contributed by atoms with Crippen LogP contribution in [0, 0.1) is 11.8 Å². The second kappa shape index (κ2) is 17.9. The number of aliphatic hydroxyl groups is 3. The number of cyclic esters (lactones) is 1. The van der Waals surface area contributed by atoms with E-state index in [-0.39, 0.29) is 44.3 Å². The van der Waals surface area contributed by atoms with E-state index in [4.69, 9.17) is 21.9 Å². The van der Waals surface area contributed by atoms with Gasteiger partial charge in [0.15, 0.2) is 6.10 Å². The maximum absolute atomic E-state index is 13.2. The predicted molar refractivity (Wildman–Crippen MR) is 184 cm³/mol. The van der Waals surface area contributed by atoms with Crippen molar-refractivity contribution < 1.29 is 46.8 Å². The van der Waals surface area contributed by atoms with Gasteiger partial charge >= 0.3 is 12.1 Å². The average molecular weight is 671 g/mol. The molecule has 10 atom stereocenters. The first kappa shape index (κ1) is 39.2. The number of carbonyl (C=O) groups excluding carboxylic acids is 2. The van der Waals surface area contributed by atoms with E-state index in [0.29, 0.717) is 32.4 Å². The van der Waals surface area contributed by atoms with Gasteiger partial charge in [-0.05, 0) is 58.7 Å². The Hall–Kier alpha value is -2.28. The Bertz CT molecular complexity index is 1110. The lowest BCUT2D eigenvalue weighted by Gasteiger charge is -2.38. The molecule has 11 nitrogen and oxygen atoms in total. The number of hydrogen-bond acceptors (Lipinski definition) is 10. The number of esters is 1. The monoisotopic (exact) mass is 670 g/mol. The molecule has 3 N–H and O–H groups in total. The lowest BCUT2D eigenvalue weighted by Crippen LogP contribution is -2.50. The van der Waals surface area contributed by atoms with E-state index in [9.17, 15) is 24.9 Å². The molecular weight excluding hydrogens is 604 g/mol. The van der Waals surface area contributed by atoms with Crippen LogP contribution in [0.5, 0.6) is 0 Å². The fourth-order valence-electron chi connectivity index (χ4n) is 6.18. The van der Waals surface area contributed by atoms with Gasteiger partial charge in [-0.1, -0.05) is 52.5 Å². The SMILES string of the molecule is C.CC[C@H](O)[C@@H](C)[C@H]1O[C@@H]1C[C@@](C)(O)/C=C/C=C(\C)[C@H]1OC(=O)C[C@H](O)CC[C@@](C)(OC)[C@@H](OC(=O)N2CCN(C)CC2)/C=C/[C@@H]1C.[2H][2H]. The Morgan fingerprint density at radius 1 is 1.30 bits per heavy atom. The van der Waals surface area contributed by atoms with Crippen molar-refractivity contribution >= 4 is 12.1 Å². The lowest BCUT2D eigenvalue weighted by atomic mass is 9.88. The van der Waals surface area contributed by atoms with Crippen LogP contribution in [0.4, 0.5) is 4.79 Å². The largest absolute Gasteiger partial charge is 0.457 e. The quantitative estimate of drug-likeness (QED) is 0.132. The maximum Gasteiger partial charge on any atom is 0.410 e. The average Bonchev–Trinajstić information content (AvgIpc) is 3.81. The number of allylic oxidation sites excluding steroid dienone is 2. The van der Waals surface area contributed by atoms with Gasteiger partial charge in [-0.2, -0.15) is 0 Å². The highest BCUT2D eigenvalue weighted by molar-refractivity contribution is 5.70. The van der Waals surface area contributed by atoms with Crippen molar-refractivity contribution in [1.29, 1.82) is 0 Å². The molecule has 47 heavy (non-hydrogen) atoms. The van der Waals surface area contributed by atoms with Crippen LogP contribution in [0.2, 0.25) is 0 Å². The van der Waals surface area contributed by atoms with Crippen molar-refractivity contribution in [2.45, 2.75) is 129 Å². The molecule has 3 aliphatic rings. The molecule has 2 saturated heterocycles. The van der Waals surface area contributed by atoms with Crippen LogP contribution in [0.3, 0.4) is 0 Å². The highest BCUT2D eigenvalue weighted by atomic mass is 16.6. The first-order chi connectivity index (χ1) is 22.6. The standard InChI is InChI=1S/C35H58N2O9.CH4.H2/c1-9-27(39)25(4)32-28(44-32)22-34(5,42)15-10-11-23(2)31-24(3)12-13-29(45-33(41)37-19-17-36(7)18-20-37)35(6,43-8)16-14-26(38)21-30(40)46-31;;/h10-13,15,24-29,31-32,38-39,42H,9,14,16-22H2,1-8H3;1H4;1H/b13-12+,15-10+,23-11+;;/t24-,25+,26+,27-,28+,29-,31+,32+,34-,35+;;/m0../s1/i;;1+1D. The summed E-state index contributed by atoms with van der Waals surface area (Å²) in [5.41, 5.74) is -1.34. The van der Waals surface area contributed by atoms with Crippen molar-refractivity contribution in [2.24, 2.45) is 11.8 Å². The van der Waals surface area contributed by atoms with Gasteiger partial charge in [0.2, 0.25) is 0 Å². The minimum absolute atomic E-state index is 0. The molecule has 0 aromatic rings. The fourth-order valence-corrected chi connectivity index (χ4v) is 6.18. The summed E-state index contributed by atoms with van der Waals surface area (Å²) in [6.45, 7) is 13.9. The van der Waals surface area contributed by atoms with Crippen LogP contribution >= 0.6 is 0 Å². The molecule has 3 rings (SSSR count). The summed E-state index contributed by atoms with van der Waals surface area (Å²) >= 11 is 0. The number of rotatable bonds is 10. The van der Waals surface area contributed by atoms with E-state index in [0.717, 1.165) is 18.7 Å². The lowest BCUT2D eigenvalue weighted by molar-refractivity contribution is -0.151. The Kier molecular flexibility index (Phi) is 14.9. The third-order valence-corrected chi connectivity index (χ3v) is 9.80. The van der Waals surface area contributed by atoms with Crippen LogP contribution in [0.1, 0.15) is 84.0 Å². The first-order valence-corrected chi connectivity index (χ1v) is 16.8. The Labute approximate surface area is 285 Å². The normalized spacial score (nSPS) is 34.7. The van der Waals surface area contributed by atoms with Gasteiger partial charge in [-0.15, -0.1) is 0 Å². The number of likely N-dealkylation sites (N-methyl/N-ethyl adjacent to an activating group) is 1. The second-order valence-corrected chi connectivity index (χ2v) is 14.0. The van der Waals surface area contributed by atoms with Crippen molar-refractivity contribution in [3.63, 3.8) is 0 Å². The zero-order valence-electron chi connectivity index (χ0n) is 31.1. The number of piperazine rings is 1. The molecule has 0 radical (unpaired) electrons. The van der Waals surface area contributed by atoms with Crippen LogP contribution in [0.15, 0.2) is 36.0 Å². The number of carbonyl (C=O) groups is 2. The third kappa shape index (κ3) is 12.0. The van der Waals surface area contributed by atoms with E-state index in [1.807, 2.05) is 47.7 Å². The van der Waals surface area contributed by atoms with E-state index in [1.165, 1.54) is 0 Å². The van der Waals surface area contributed by atoms with Crippen molar-refractivity contribution in [3.05, 3.63) is 36.0 Å². The molecule has 11 heteroatoms. The number of methoxy groups -OCH3 is 1. The number of nitrogens with zero attached hydrogens (tertiary/aromatic N) is 2. The highest BCUT2D eigenvalue weighted by Gasteiger charge is 2.47. The Morgan fingerprint density at radius 2 is 1.96 bits per heavy atom. The number of aliphatic hydroxyl groups excluding tert-OH is 2. The topological polar surface area (TPSA) is 142 Å². The number of ether oxygens (including phenoxy) is 4. The van der Waals surface area contributed by atoms with Gasteiger partial charge in [-0.3, -0.25) is 4.79 Å². The fraction of sp³-hybridized carbons (Fsp3) is 0.778. The molecule has 0 spiro atoms. The molecule has 0 aliphatic carbocycles. The van der Waals surface area contributed by atoms with Gasteiger partial charge in [0.25, 0.3) is 0 Å². The molecule has 0 aromatic heterocycles. The molecule has 0 unspecified atom stereocenters. The van der Waals surface area contributed by atoms with E-state index < -0.39 is 47.7 Å². The Morgan fingerprint density at radius 3 is 2.57 bits per heavy atom. The predicted octanol–water partition coefficient (Wildman–Crippen LogP) is 4.49. The van der Waals surface area contributed by atoms with Gasteiger partial charge < -0.3 is 44.1 Å². The zero-order valence-corrected chi connectivity index (χ0v) is 29.1. The van der Waals surface area contributed by atoms with Crippen molar-refractivity contribution in [1.82, 2.24) is 9.80 Å². The van der Waals surface area contributed by atoms with Crippen LogP contribution in [0.25, 0.3) is 0 Å². The molecule has 2 fully saturated rings. The summed E-state index contributed by atoms with van der Waals surface area (Å²) in [5.74, 6) is -0.833. The molecule has 0 bridgehead atoms.